The summed E-state index contributed by atoms with van der Waals surface area (Å²) in [5.74, 6) is 1.45. The molecule has 1 fully saturated rings. The van der Waals surface area contributed by atoms with Gasteiger partial charge < -0.3 is 15.0 Å². The molecule has 0 aromatic carbocycles. The van der Waals surface area contributed by atoms with Gasteiger partial charge in [0.1, 0.15) is 0 Å². The van der Waals surface area contributed by atoms with Gasteiger partial charge in [0.15, 0.2) is 5.96 Å². The molecule has 1 unspecified atom stereocenters. The normalized spacial score (nSPS) is 19.1. The van der Waals surface area contributed by atoms with Crippen LogP contribution in [0.1, 0.15) is 19.8 Å². The Balaban J connectivity index is 0.00000484. The van der Waals surface area contributed by atoms with E-state index in [1.807, 2.05) is 6.92 Å². The van der Waals surface area contributed by atoms with Gasteiger partial charge >= 0.3 is 0 Å². The summed E-state index contributed by atoms with van der Waals surface area (Å²) >= 11 is 0. The highest BCUT2D eigenvalue weighted by Crippen LogP contribution is 2.16. The third kappa shape index (κ3) is 7.99. The van der Waals surface area contributed by atoms with Crippen LogP contribution in [0.5, 0.6) is 0 Å². The Kier molecular flexibility index (Phi) is 11.4. The molecular formula is C14H31IN4O3S. The molecule has 1 atom stereocenters. The summed E-state index contributed by atoms with van der Waals surface area (Å²) < 4.78 is 29.7. The number of hydrogen-bond donors (Lipinski definition) is 1. The van der Waals surface area contributed by atoms with Gasteiger partial charge in [-0.2, -0.15) is 0 Å². The fourth-order valence-corrected chi connectivity index (χ4v) is 3.67. The first-order valence-electron chi connectivity index (χ1n) is 7.82. The van der Waals surface area contributed by atoms with Crippen LogP contribution in [0.25, 0.3) is 0 Å². The standard InChI is InChI=1S/C14H30N4O3S.HI/c1-5-18(22(4,19)20)9-6-8-16-14(15-2)17-10-7-13(11-17)12-21-3;/h13H,5-12H2,1-4H3,(H,15,16);1H. The van der Waals surface area contributed by atoms with Crippen LogP contribution in [0, 0.1) is 5.92 Å². The zero-order valence-electron chi connectivity index (χ0n) is 14.6. The number of methoxy groups -OCH3 is 1. The van der Waals surface area contributed by atoms with Crippen LogP contribution in [-0.2, 0) is 14.8 Å². The molecule has 1 aliphatic heterocycles. The van der Waals surface area contributed by atoms with Gasteiger partial charge in [-0.05, 0) is 12.8 Å². The summed E-state index contributed by atoms with van der Waals surface area (Å²) in [6.07, 6.45) is 3.13. The maximum Gasteiger partial charge on any atom is 0.211 e. The van der Waals surface area contributed by atoms with Crippen molar-refractivity contribution in [2.75, 3.05) is 59.7 Å². The van der Waals surface area contributed by atoms with Crippen molar-refractivity contribution in [1.29, 1.82) is 0 Å². The number of halogens is 1. The SMILES string of the molecule is CCN(CCCNC(=NC)N1CCC(COC)C1)S(C)(=O)=O.I. The Hall–Kier alpha value is -0.130. The fourth-order valence-electron chi connectivity index (χ4n) is 2.74. The molecule has 1 N–H and O–H groups in total. The largest absolute Gasteiger partial charge is 0.384 e. The summed E-state index contributed by atoms with van der Waals surface area (Å²) in [5, 5.41) is 3.32. The zero-order valence-corrected chi connectivity index (χ0v) is 17.8. The zero-order chi connectivity index (χ0) is 16.6. The van der Waals surface area contributed by atoms with E-state index in [9.17, 15) is 8.42 Å². The maximum absolute atomic E-state index is 11.5. The van der Waals surface area contributed by atoms with E-state index in [1.165, 1.54) is 10.6 Å². The first-order valence-corrected chi connectivity index (χ1v) is 9.66. The van der Waals surface area contributed by atoms with Gasteiger partial charge in [0.25, 0.3) is 0 Å². The van der Waals surface area contributed by atoms with Gasteiger partial charge in [-0.25, -0.2) is 12.7 Å². The number of hydrogen-bond acceptors (Lipinski definition) is 4. The fraction of sp³-hybridized carbons (Fsp3) is 0.929. The van der Waals surface area contributed by atoms with Crippen LogP contribution in [-0.4, -0.2) is 83.3 Å². The maximum atomic E-state index is 11.5. The highest BCUT2D eigenvalue weighted by atomic mass is 127. The number of aliphatic imine (C=N–C) groups is 1. The second-order valence-corrected chi connectivity index (χ2v) is 7.62. The van der Waals surface area contributed by atoms with E-state index in [4.69, 9.17) is 4.74 Å². The van der Waals surface area contributed by atoms with Crippen molar-refractivity contribution < 1.29 is 13.2 Å². The highest BCUT2D eigenvalue weighted by molar-refractivity contribution is 14.0. The summed E-state index contributed by atoms with van der Waals surface area (Å²) in [7, 11) is 0.412. The van der Waals surface area contributed by atoms with Gasteiger partial charge in [-0.3, -0.25) is 4.99 Å². The first kappa shape index (κ1) is 22.9. The number of likely N-dealkylation sites (tertiary alicyclic amines) is 1. The number of nitrogens with one attached hydrogen (secondary N) is 1. The molecule has 7 nitrogen and oxygen atoms in total. The Morgan fingerprint density at radius 3 is 2.70 bits per heavy atom. The van der Waals surface area contributed by atoms with Crippen molar-refractivity contribution in [2.24, 2.45) is 10.9 Å². The smallest absolute Gasteiger partial charge is 0.211 e. The van der Waals surface area contributed by atoms with Gasteiger partial charge in [-0.1, -0.05) is 6.92 Å². The van der Waals surface area contributed by atoms with Crippen LogP contribution in [0.3, 0.4) is 0 Å². The minimum absolute atomic E-state index is 0. The molecule has 0 bridgehead atoms. The molecule has 1 saturated heterocycles. The Bertz CT molecular complexity index is 459. The Morgan fingerprint density at radius 2 is 2.17 bits per heavy atom. The lowest BCUT2D eigenvalue weighted by Gasteiger charge is -2.22. The van der Waals surface area contributed by atoms with Gasteiger partial charge in [-0.15, -0.1) is 24.0 Å². The average Bonchev–Trinajstić information content (AvgIpc) is 2.90. The molecule has 0 spiro atoms. The van der Waals surface area contributed by atoms with E-state index in [0.717, 1.165) is 38.5 Å². The van der Waals surface area contributed by atoms with Crippen molar-refractivity contribution in [3.05, 3.63) is 0 Å². The number of ether oxygens (including phenoxy) is 1. The van der Waals surface area contributed by atoms with Crippen molar-refractivity contribution >= 4 is 40.0 Å². The van der Waals surface area contributed by atoms with E-state index < -0.39 is 10.0 Å². The lowest BCUT2D eigenvalue weighted by molar-refractivity contribution is 0.157. The number of rotatable bonds is 8. The van der Waals surface area contributed by atoms with E-state index in [1.54, 1.807) is 14.2 Å². The number of guanidine groups is 1. The predicted octanol–water partition coefficient (Wildman–Crippen LogP) is 0.820. The third-order valence-electron chi connectivity index (χ3n) is 3.89. The van der Waals surface area contributed by atoms with Crippen LogP contribution in [0.2, 0.25) is 0 Å². The number of nitrogens with zero attached hydrogens (tertiary/aromatic N) is 3. The molecule has 0 aromatic heterocycles. The minimum Gasteiger partial charge on any atom is -0.384 e. The van der Waals surface area contributed by atoms with Gasteiger partial charge in [0.2, 0.25) is 10.0 Å². The van der Waals surface area contributed by atoms with E-state index >= 15 is 0 Å². The quantitative estimate of drug-likeness (QED) is 0.250. The Labute approximate surface area is 157 Å². The van der Waals surface area contributed by atoms with Crippen molar-refractivity contribution in [2.45, 2.75) is 19.8 Å². The van der Waals surface area contributed by atoms with E-state index in [2.05, 4.69) is 15.2 Å². The first-order chi connectivity index (χ1) is 10.4. The van der Waals surface area contributed by atoms with Gasteiger partial charge in [0, 0.05) is 52.8 Å². The van der Waals surface area contributed by atoms with E-state index in [0.29, 0.717) is 25.6 Å². The molecule has 9 heteroatoms. The molecule has 1 heterocycles. The van der Waals surface area contributed by atoms with Crippen molar-refractivity contribution in [1.82, 2.24) is 14.5 Å². The molecular weight excluding hydrogens is 431 g/mol. The summed E-state index contributed by atoms with van der Waals surface area (Å²) in [6, 6.07) is 0. The number of sulfonamides is 1. The topological polar surface area (TPSA) is 74.2 Å². The summed E-state index contributed by atoms with van der Waals surface area (Å²) in [5.41, 5.74) is 0. The second kappa shape index (κ2) is 11.4. The van der Waals surface area contributed by atoms with Crippen LogP contribution >= 0.6 is 24.0 Å². The predicted molar refractivity (Wildman–Crippen MR) is 105 cm³/mol. The minimum atomic E-state index is -3.10. The molecule has 0 aliphatic carbocycles. The van der Waals surface area contributed by atoms with Gasteiger partial charge in [0.05, 0.1) is 12.9 Å². The molecule has 0 amide bonds. The molecule has 0 aromatic rings. The molecule has 1 rings (SSSR count). The van der Waals surface area contributed by atoms with Crippen LogP contribution < -0.4 is 5.32 Å². The van der Waals surface area contributed by atoms with Crippen LogP contribution in [0.4, 0.5) is 0 Å². The Morgan fingerprint density at radius 1 is 1.48 bits per heavy atom. The molecule has 0 radical (unpaired) electrons. The molecule has 23 heavy (non-hydrogen) atoms. The van der Waals surface area contributed by atoms with Crippen molar-refractivity contribution in [3.8, 4) is 0 Å². The average molecular weight is 462 g/mol. The lowest BCUT2D eigenvalue weighted by Crippen LogP contribution is -2.41. The molecule has 138 valence electrons. The second-order valence-electron chi connectivity index (χ2n) is 5.64. The highest BCUT2D eigenvalue weighted by Gasteiger charge is 2.24. The lowest BCUT2D eigenvalue weighted by atomic mass is 10.1. The molecule has 1 aliphatic rings. The molecule has 0 saturated carbocycles. The monoisotopic (exact) mass is 462 g/mol. The van der Waals surface area contributed by atoms with Crippen LogP contribution in [0.15, 0.2) is 4.99 Å². The van der Waals surface area contributed by atoms with E-state index in [-0.39, 0.29) is 24.0 Å². The van der Waals surface area contributed by atoms with Crippen molar-refractivity contribution in [3.63, 3.8) is 0 Å². The summed E-state index contributed by atoms with van der Waals surface area (Å²) in [4.78, 5) is 6.54. The third-order valence-corrected chi connectivity index (χ3v) is 5.27. The summed E-state index contributed by atoms with van der Waals surface area (Å²) in [6.45, 7) is 6.34.